The first-order valence-corrected chi connectivity index (χ1v) is 8.79. The zero-order valence-electron chi connectivity index (χ0n) is 11.7. The summed E-state index contributed by atoms with van der Waals surface area (Å²) in [5.74, 6) is 0.445. The Kier molecular flexibility index (Phi) is 4.62. The third-order valence-electron chi connectivity index (χ3n) is 3.35. The van der Waals surface area contributed by atoms with E-state index in [0.717, 1.165) is 12.2 Å². The van der Waals surface area contributed by atoms with Gasteiger partial charge >= 0.3 is 0 Å². The highest BCUT2D eigenvalue weighted by molar-refractivity contribution is 7.91. The maximum Gasteiger partial charge on any atom is 0.152 e. The summed E-state index contributed by atoms with van der Waals surface area (Å²) in [5.41, 5.74) is 2.15. The summed E-state index contributed by atoms with van der Waals surface area (Å²) in [4.78, 5) is 0. The highest BCUT2D eigenvalue weighted by Gasteiger charge is 2.20. The van der Waals surface area contributed by atoms with E-state index in [0.29, 0.717) is 19.0 Å². The van der Waals surface area contributed by atoms with E-state index in [1.165, 1.54) is 18.4 Å². The highest BCUT2D eigenvalue weighted by atomic mass is 32.2. The molecule has 0 aliphatic heterocycles. The summed E-state index contributed by atoms with van der Waals surface area (Å²) in [6, 6.07) is 0.674. The minimum Gasteiger partial charge on any atom is -0.310 e. The summed E-state index contributed by atoms with van der Waals surface area (Å²) >= 11 is 0. The molecule has 1 fully saturated rings. The molecule has 0 bridgehead atoms. The van der Waals surface area contributed by atoms with Crippen LogP contribution in [0.15, 0.2) is 6.20 Å². The van der Waals surface area contributed by atoms with Crippen LogP contribution in [-0.4, -0.2) is 35.7 Å². The molecule has 0 amide bonds. The van der Waals surface area contributed by atoms with E-state index in [9.17, 15) is 8.42 Å². The van der Waals surface area contributed by atoms with Crippen LogP contribution in [0, 0.1) is 6.92 Å². The first-order valence-electron chi connectivity index (χ1n) is 6.97. The third-order valence-corrected chi connectivity index (χ3v) is 5.19. The average molecular weight is 285 g/mol. The molecule has 1 aliphatic rings. The van der Waals surface area contributed by atoms with Gasteiger partial charge in [0.15, 0.2) is 9.84 Å². The maximum absolute atomic E-state index is 11.7. The number of rotatable bonds is 8. The second-order valence-corrected chi connectivity index (χ2v) is 7.61. The van der Waals surface area contributed by atoms with E-state index in [-0.39, 0.29) is 11.5 Å². The molecule has 1 aromatic rings. The van der Waals surface area contributed by atoms with Crippen molar-refractivity contribution in [2.45, 2.75) is 52.2 Å². The Morgan fingerprint density at radius 3 is 2.79 bits per heavy atom. The molecule has 2 rings (SSSR count). The smallest absolute Gasteiger partial charge is 0.152 e. The number of aryl methyl sites for hydroxylation is 2. The molecule has 19 heavy (non-hydrogen) atoms. The second-order valence-electron chi connectivity index (χ2n) is 5.31. The standard InChI is InChI=1S/C13H23N3O2S/c1-3-7-19(17,18)8-6-16-10-12(11(2)15-16)9-14-13-4-5-13/h10,13-14H,3-9H2,1-2H3. The van der Waals surface area contributed by atoms with Crippen LogP contribution in [0.1, 0.15) is 37.4 Å². The number of aromatic nitrogens is 2. The Balaban J connectivity index is 1.88. The molecule has 0 saturated heterocycles. The number of sulfone groups is 1. The quantitative estimate of drug-likeness (QED) is 0.781. The molecule has 1 N–H and O–H groups in total. The average Bonchev–Trinajstić information content (AvgIpc) is 3.09. The van der Waals surface area contributed by atoms with Crippen LogP contribution < -0.4 is 5.32 Å². The zero-order valence-corrected chi connectivity index (χ0v) is 12.5. The van der Waals surface area contributed by atoms with Crippen molar-refractivity contribution in [2.75, 3.05) is 11.5 Å². The first-order chi connectivity index (χ1) is 9.00. The fraction of sp³-hybridized carbons (Fsp3) is 0.769. The van der Waals surface area contributed by atoms with Crippen molar-refractivity contribution in [1.82, 2.24) is 15.1 Å². The topological polar surface area (TPSA) is 64.0 Å². The van der Waals surface area contributed by atoms with Gasteiger partial charge in [-0.05, 0) is 26.2 Å². The summed E-state index contributed by atoms with van der Waals surface area (Å²) < 4.78 is 25.1. The molecule has 0 unspecified atom stereocenters. The molecule has 0 atom stereocenters. The summed E-state index contributed by atoms with van der Waals surface area (Å²) in [6.07, 6.45) is 5.17. The molecule has 0 aromatic carbocycles. The lowest BCUT2D eigenvalue weighted by molar-refractivity contribution is 0.578. The Morgan fingerprint density at radius 1 is 1.42 bits per heavy atom. The first kappa shape index (κ1) is 14.5. The van der Waals surface area contributed by atoms with Crippen LogP contribution in [0.3, 0.4) is 0 Å². The van der Waals surface area contributed by atoms with E-state index in [1.807, 2.05) is 20.0 Å². The molecule has 6 heteroatoms. The molecule has 1 aliphatic carbocycles. The Hall–Kier alpha value is -0.880. The van der Waals surface area contributed by atoms with Crippen molar-refractivity contribution >= 4 is 9.84 Å². The highest BCUT2D eigenvalue weighted by Crippen LogP contribution is 2.19. The number of nitrogens with zero attached hydrogens (tertiary/aromatic N) is 2. The van der Waals surface area contributed by atoms with Gasteiger partial charge in [0.2, 0.25) is 0 Å². The van der Waals surface area contributed by atoms with E-state index in [2.05, 4.69) is 10.4 Å². The number of hydrogen-bond donors (Lipinski definition) is 1. The van der Waals surface area contributed by atoms with Gasteiger partial charge in [-0.15, -0.1) is 0 Å². The lowest BCUT2D eigenvalue weighted by atomic mass is 10.2. The van der Waals surface area contributed by atoms with Gasteiger partial charge in [-0.2, -0.15) is 5.10 Å². The summed E-state index contributed by atoms with van der Waals surface area (Å²) in [5, 5.41) is 7.83. The minimum absolute atomic E-state index is 0.178. The van der Waals surface area contributed by atoms with Crippen LogP contribution in [0.4, 0.5) is 0 Å². The van der Waals surface area contributed by atoms with Crippen molar-refractivity contribution in [1.29, 1.82) is 0 Å². The minimum atomic E-state index is -2.93. The fourth-order valence-electron chi connectivity index (χ4n) is 2.03. The van der Waals surface area contributed by atoms with Gasteiger partial charge in [0.1, 0.15) is 0 Å². The molecule has 0 radical (unpaired) electrons. The second kappa shape index (κ2) is 6.05. The van der Waals surface area contributed by atoms with Crippen molar-refractivity contribution in [3.8, 4) is 0 Å². The van der Waals surface area contributed by atoms with E-state index >= 15 is 0 Å². The lowest BCUT2D eigenvalue weighted by Crippen LogP contribution is -2.16. The van der Waals surface area contributed by atoms with E-state index in [4.69, 9.17) is 0 Å². The van der Waals surface area contributed by atoms with Gasteiger partial charge in [0.25, 0.3) is 0 Å². The van der Waals surface area contributed by atoms with Gasteiger partial charge in [-0.25, -0.2) is 8.42 Å². The van der Waals surface area contributed by atoms with Crippen LogP contribution >= 0.6 is 0 Å². The molecule has 1 heterocycles. The van der Waals surface area contributed by atoms with Crippen LogP contribution in [0.25, 0.3) is 0 Å². The Morgan fingerprint density at radius 2 is 2.16 bits per heavy atom. The normalized spacial score (nSPS) is 15.9. The monoisotopic (exact) mass is 285 g/mol. The molecular formula is C13H23N3O2S. The molecule has 5 nitrogen and oxygen atoms in total. The number of nitrogens with one attached hydrogen (secondary N) is 1. The van der Waals surface area contributed by atoms with Gasteiger partial charge in [-0.1, -0.05) is 6.92 Å². The van der Waals surface area contributed by atoms with Crippen molar-refractivity contribution in [2.24, 2.45) is 0 Å². The van der Waals surface area contributed by atoms with E-state index < -0.39 is 9.84 Å². The van der Waals surface area contributed by atoms with E-state index in [1.54, 1.807) is 4.68 Å². The van der Waals surface area contributed by atoms with Crippen LogP contribution in [-0.2, 0) is 22.9 Å². The molecular weight excluding hydrogens is 262 g/mol. The summed E-state index contributed by atoms with van der Waals surface area (Å²) in [7, 11) is -2.93. The SMILES string of the molecule is CCCS(=O)(=O)CCn1cc(CNC2CC2)c(C)n1. The van der Waals surface area contributed by atoms with Crippen LogP contribution in [0.2, 0.25) is 0 Å². The van der Waals surface area contributed by atoms with Gasteiger partial charge in [0.05, 0.1) is 18.0 Å². The largest absolute Gasteiger partial charge is 0.310 e. The van der Waals surface area contributed by atoms with Gasteiger partial charge in [0, 0.05) is 30.1 Å². The molecule has 0 spiro atoms. The van der Waals surface area contributed by atoms with Crippen molar-refractivity contribution in [3.05, 3.63) is 17.5 Å². The predicted molar refractivity (Wildman–Crippen MR) is 75.8 cm³/mol. The van der Waals surface area contributed by atoms with Crippen molar-refractivity contribution < 1.29 is 8.42 Å². The molecule has 108 valence electrons. The lowest BCUT2D eigenvalue weighted by Gasteiger charge is -2.03. The fourth-order valence-corrected chi connectivity index (χ4v) is 3.33. The zero-order chi connectivity index (χ0) is 13.9. The Labute approximate surface area is 115 Å². The maximum atomic E-state index is 11.7. The van der Waals surface area contributed by atoms with Gasteiger partial charge in [-0.3, -0.25) is 4.68 Å². The molecule has 1 saturated carbocycles. The third kappa shape index (κ3) is 4.62. The molecule has 1 aromatic heterocycles. The van der Waals surface area contributed by atoms with Crippen LogP contribution in [0.5, 0.6) is 0 Å². The Bertz CT molecular complexity index is 518. The van der Waals surface area contributed by atoms with Crippen molar-refractivity contribution in [3.63, 3.8) is 0 Å². The van der Waals surface area contributed by atoms with Gasteiger partial charge < -0.3 is 5.32 Å². The number of hydrogen-bond acceptors (Lipinski definition) is 4. The predicted octanol–water partition coefficient (Wildman–Crippen LogP) is 1.27. The summed E-state index contributed by atoms with van der Waals surface area (Å²) in [6.45, 7) is 5.14.